The molecule has 0 heterocycles. The van der Waals surface area contributed by atoms with Crippen LogP contribution in [0.2, 0.25) is 0 Å². The molecule has 3 heteroatoms. The minimum atomic E-state index is -0.138. The van der Waals surface area contributed by atoms with Crippen molar-refractivity contribution in [2.24, 2.45) is 11.1 Å². The summed E-state index contributed by atoms with van der Waals surface area (Å²) in [5.41, 5.74) is 6.64. The predicted octanol–water partition coefficient (Wildman–Crippen LogP) is 3.03. The fraction of sp³-hybridized carbons (Fsp3) is 0.533. The average Bonchev–Trinajstić information content (AvgIpc) is 2.28. The van der Waals surface area contributed by atoms with Gasteiger partial charge in [0, 0.05) is 18.0 Å². The van der Waals surface area contributed by atoms with Gasteiger partial charge in [0.15, 0.2) is 5.78 Å². The topological polar surface area (TPSA) is 52.3 Å². The molecule has 0 bridgehead atoms. The molecule has 1 atom stereocenters. The van der Waals surface area contributed by atoms with Crippen molar-refractivity contribution >= 4 is 5.78 Å². The van der Waals surface area contributed by atoms with Crippen molar-refractivity contribution in [3.8, 4) is 5.75 Å². The molecule has 0 amide bonds. The van der Waals surface area contributed by atoms with Crippen LogP contribution in [-0.4, -0.2) is 18.4 Å². The molecule has 0 radical (unpaired) electrons. The fourth-order valence-corrected chi connectivity index (χ4v) is 1.55. The molecule has 3 nitrogen and oxygen atoms in total. The van der Waals surface area contributed by atoms with Gasteiger partial charge in [0.2, 0.25) is 0 Å². The molecule has 1 unspecified atom stereocenters. The average molecular weight is 249 g/mol. The maximum Gasteiger partial charge on any atom is 0.164 e. The number of hydrogen-bond acceptors (Lipinski definition) is 3. The first-order valence-electron chi connectivity index (χ1n) is 6.36. The summed E-state index contributed by atoms with van der Waals surface area (Å²) in [7, 11) is 0. The van der Waals surface area contributed by atoms with Gasteiger partial charge in [-0.15, -0.1) is 0 Å². The standard InChI is InChI=1S/C15H23NO2/c1-5-18-12-8-6-7-11(9-12)13(17)10-14(16)15(2,3)4/h6-9,14H,5,10,16H2,1-4H3. The molecule has 0 aliphatic carbocycles. The zero-order valence-electron chi connectivity index (χ0n) is 11.7. The maximum absolute atomic E-state index is 12.1. The van der Waals surface area contributed by atoms with Crippen LogP contribution >= 0.6 is 0 Å². The molecule has 0 aliphatic heterocycles. The highest BCUT2D eigenvalue weighted by molar-refractivity contribution is 5.96. The Bertz CT molecular complexity index is 407. The molecular formula is C15H23NO2. The Kier molecular flexibility index (Phi) is 4.91. The molecule has 0 fully saturated rings. The zero-order valence-corrected chi connectivity index (χ0v) is 11.7. The van der Waals surface area contributed by atoms with E-state index >= 15 is 0 Å². The van der Waals surface area contributed by atoms with E-state index in [-0.39, 0.29) is 17.2 Å². The van der Waals surface area contributed by atoms with Gasteiger partial charge < -0.3 is 10.5 Å². The summed E-state index contributed by atoms with van der Waals surface area (Å²) >= 11 is 0. The molecule has 1 aromatic rings. The number of ketones is 1. The van der Waals surface area contributed by atoms with Gasteiger partial charge >= 0.3 is 0 Å². The predicted molar refractivity (Wildman–Crippen MR) is 74.0 cm³/mol. The maximum atomic E-state index is 12.1. The second-order valence-corrected chi connectivity index (χ2v) is 5.56. The Morgan fingerprint density at radius 1 is 1.39 bits per heavy atom. The highest BCUT2D eigenvalue weighted by atomic mass is 16.5. The number of hydrogen-bond donors (Lipinski definition) is 1. The van der Waals surface area contributed by atoms with Crippen LogP contribution in [0.15, 0.2) is 24.3 Å². The lowest BCUT2D eigenvalue weighted by Crippen LogP contribution is -2.36. The van der Waals surface area contributed by atoms with Gasteiger partial charge in [-0.3, -0.25) is 4.79 Å². The van der Waals surface area contributed by atoms with Crippen LogP contribution in [0.1, 0.15) is 44.5 Å². The van der Waals surface area contributed by atoms with E-state index in [2.05, 4.69) is 0 Å². The third kappa shape index (κ3) is 4.15. The van der Waals surface area contributed by atoms with Crippen molar-refractivity contribution in [2.75, 3.05) is 6.61 Å². The highest BCUT2D eigenvalue weighted by Gasteiger charge is 2.23. The van der Waals surface area contributed by atoms with E-state index in [1.165, 1.54) is 0 Å². The fourth-order valence-electron chi connectivity index (χ4n) is 1.55. The third-order valence-corrected chi connectivity index (χ3v) is 2.98. The largest absolute Gasteiger partial charge is 0.494 e. The summed E-state index contributed by atoms with van der Waals surface area (Å²) in [4.78, 5) is 12.1. The van der Waals surface area contributed by atoms with E-state index in [0.717, 1.165) is 5.75 Å². The van der Waals surface area contributed by atoms with Crippen LogP contribution in [0.5, 0.6) is 5.75 Å². The molecule has 100 valence electrons. The number of carbonyl (C=O) groups is 1. The van der Waals surface area contributed by atoms with Gasteiger partial charge in [0.25, 0.3) is 0 Å². The van der Waals surface area contributed by atoms with E-state index in [0.29, 0.717) is 18.6 Å². The molecule has 0 aromatic heterocycles. The first-order valence-corrected chi connectivity index (χ1v) is 6.36. The SMILES string of the molecule is CCOc1cccc(C(=O)CC(N)C(C)(C)C)c1. The number of Topliss-reactive ketones (excluding diaryl/α,β-unsaturated/α-hetero) is 1. The van der Waals surface area contributed by atoms with Gasteiger partial charge in [-0.25, -0.2) is 0 Å². The summed E-state index contributed by atoms with van der Waals surface area (Å²) in [6.07, 6.45) is 0.360. The second kappa shape index (κ2) is 6.01. The van der Waals surface area contributed by atoms with E-state index in [1.54, 1.807) is 12.1 Å². The van der Waals surface area contributed by atoms with Gasteiger partial charge in [0.05, 0.1) is 6.61 Å². The molecule has 2 N–H and O–H groups in total. The van der Waals surface area contributed by atoms with Crippen LogP contribution < -0.4 is 10.5 Å². The molecule has 0 aliphatic rings. The zero-order chi connectivity index (χ0) is 13.8. The van der Waals surface area contributed by atoms with E-state index in [4.69, 9.17) is 10.5 Å². The second-order valence-electron chi connectivity index (χ2n) is 5.56. The van der Waals surface area contributed by atoms with Crippen molar-refractivity contribution in [3.05, 3.63) is 29.8 Å². The van der Waals surface area contributed by atoms with E-state index in [1.807, 2.05) is 39.8 Å². The van der Waals surface area contributed by atoms with Crippen molar-refractivity contribution in [1.82, 2.24) is 0 Å². The van der Waals surface area contributed by atoms with Crippen LogP contribution in [0.4, 0.5) is 0 Å². The first-order chi connectivity index (χ1) is 8.34. The number of benzene rings is 1. The summed E-state index contributed by atoms with van der Waals surface area (Å²) < 4.78 is 5.39. The molecule has 0 saturated carbocycles. The molecular weight excluding hydrogens is 226 g/mol. The van der Waals surface area contributed by atoms with E-state index in [9.17, 15) is 4.79 Å². The summed E-state index contributed by atoms with van der Waals surface area (Å²) in [5.74, 6) is 0.798. The quantitative estimate of drug-likeness (QED) is 0.816. The van der Waals surface area contributed by atoms with Crippen molar-refractivity contribution < 1.29 is 9.53 Å². The summed E-state index contributed by atoms with van der Waals surface area (Å²) in [5, 5.41) is 0. The van der Waals surface area contributed by atoms with Crippen LogP contribution in [-0.2, 0) is 0 Å². The lowest BCUT2D eigenvalue weighted by atomic mass is 9.83. The minimum absolute atomic E-state index is 0.0623. The monoisotopic (exact) mass is 249 g/mol. The Morgan fingerprint density at radius 2 is 2.06 bits per heavy atom. The van der Waals surface area contributed by atoms with Gasteiger partial charge in [-0.2, -0.15) is 0 Å². The van der Waals surface area contributed by atoms with Crippen LogP contribution in [0, 0.1) is 5.41 Å². The Hall–Kier alpha value is -1.35. The molecule has 18 heavy (non-hydrogen) atoms. The molecule has 0 saturated heterocycles. The lowest BCUT2D eigenvalue weighted by Gasteiger charge is -2.26. The van der Waals surface area contributed by atoms with Gasteiger partial charge in [-0.05, 0) is 24.5 Å². The van der Waals surface area contributed by atoms with E-state index < -0.39 is 0 Å². The normalized spacial score (nSPS) is 13.2. The molecule has 1 rings (SSSR count). The van der Waals surface area contributed by atoms with Crippen molar-refractivity contribution in [2.45, 2.75) is 40.2 Å². The van der Waals surface area contributed by atoms with Crippen molar-refractivity contribution in [3.63, 3.8) is 0 Å². The summed E-state index contributed by atoms with van der Waals surface area (Å²) in [6, 6.07) is 7.13. The third-order valence-electron chi connectivity index (χ3n) is 2.98. The Balaban J connectivity index is 2.75. The van der Waals surface area contributed by atoms with Crippen LogP contribution in [0.25, 0.3) is 0 Å². The highest BCUT2D eigenvalue weighted by Crippen LogP contribution is 2.22. The number of ether oxygens (including phenoxy) is 1. The number of carbonyl (C=O) groups excluding carboxylic acids is 1. The smallest absolute Gasteiger partial charge is 0.164 e. The molecule has 0 spiro atoms. The summed E-state index contributed by atoms with van der Waals surface area (Å²) in [6.45, 7) is 8.65. The Labute approximate surface area is 109 Å². The lowest BCUT2D eigenvalue weighted by molar-refractivity contribution is 0.0953. The van der Waals surface area contributed by atoms with Crippen LogP contribution in [0.3, 0.4) is 0 Å². The number of nitrogens with two attached hydrogens (primary N) is 1. The number of rotatable bonds is 5. The first kappa shape index (κ1) is 14.7. The molecule has 1 aromatic carbocycles. The Morgan fingerprint density at radius 3 is 2.61 bits per heavy atom. The van der Waals surface area contributed by atoms with Crippen molar-refractivity contribution in [1.29, 1.82) is 0 Å². The minimum Gasteiger partial charge on any atom is -0.494 e. The van der Waals surface area contributed by atoms with Gasteiger partial charge in [-0.1, -0.05) is 32.9 Å². The van der Waals surface area contributed by atoms with Gasteiger partial charge in [0.1, 0.15) is 5.75 Å².